The number of nitrogens with zero attached hydrogens (tertiary/aromatic N) is 5. The number of thioether (sulfide) groups is 1. The van der Waals surface area contributed by atoms with Crippen LogP contribution in [-0.2, 0) is 6.54 Å². The Balaban J connectivity index is 0.00000256. The molecule has 1 N–H and O–H groups in total. The van der Waals surface area contributed by atoms with Crippen LogP contribution in [0.4, 0.5) is 0 Å². The minimum atomic E-state index is 0. The van der Waals surface area contributed by atoms with E-state index >= 15 is 0 Å². The van der Waals surface area contributed by atoms with Crippen molar-refractivity contribution in [3.63, 3.8) is 0 Å². The van der Waals surface area contributed by atoms with Gasteiger partial charge in [0.15, 0.2) is 11.8 Å². The molecule has 30 heavy (non-hydrogen) atoms. The molecule has 1 aliphatic rings. The quantitative estimate of drug-likeness (QED) is 0.224. The molecule has 1 aromatic heterocycles. The fourth-order valence-corrected chi connectivity index (χ4v) is 4.62. The maximum Gasteiger partial charge on any atom is 0.194 e. The zero-order valence-corrected chi connectivity index (χ0v) is 20.2. The Morgan fingerprint density at radius 3 is 2.60 bits per heavy atom. The van der Waals surface area contributed by atoms with Gasteiger partial charge in [0, 0.05) is 36.5 Å². The van der Waals surface area contributed by atoms with Crippen LogP contribution >= 0.6 is 35.7 Å². The number of hydrogen-bond donors (Lipinski definition) is 1. The molecule has 1 saturated heterocycles. The van der Waals surface area contributed by atoms with E-state index in [1.807, 2.05) is 41.6 Å². The summed E-state index contributed by atoms with van der Waals surface area (Å²) in [7, 11) is 1.84. The van der Waals surface area contributed by atoms with Gasteiger partial charge in [-0.05, 0) is 36.6 Å². The Kier molecular flexibility index (Phi) is 8.56. The monoisotopic (exact) mass is 534 g/mol. The lowest BCUT2D eigenvalue weighted by atomic mass is 10.2. The topological polar surface area (TPSA) is 58.3 Å². The summed E-state index contributed by atoms with van der Waals surface area (Å²) in [6, 6.07) is 20.8. The summed E-state index contributed by atoms with van der Waals surface area (Å²) in [4.78, 5) is 8.18. The van der Waals surface area contributed by atoms with Crippen LogP contribution in [0.25, 0.3) is 5.69 Å². The number of aromatic nitrogens is 3. The highest BCUT2D eigenvalue weighted by Gasteiger charge is 2.25. The number of hydrogen-bond acceptors (Lipinski definition) is 4. The van der Waals surface area contributed by atoms with Crippen LogP contribution in [0.15, 0.2) is 76.9 Å². The molecule has 1 unspecified atom stereocenters. The third-order valence-corrected chi connectivity index (χ3v) is 6.33. The van der Waals surface area contributed by atoms with Crippen molar-refractivity contribution in [1.29, 1.82) is 0 Å². The molecule has 0 aliphatic carbocycles. The molecule has 4 rings (SSSR count). The molecule has 2 heterocycles. The molecule has 0 bridgehead atoms. The lowest BCUT2D eigenvalue weighted by Gasteiger charge is -2.21. The lowest BCUT2D eigenvalue weighted by Crippen LogP contribution is -2.40. The third kappa shape index (κ3) is 5.75. The average molecular weight is 534 g/mol. The first-order valence-electron chi connectivity index (χ1n) is 9.91. The van der Waals surface area contributed by atoms with E-state index < -0.39 is 0 Å². The van der Waals surface area contributed by atoms with Crippen LogP contribution in [0.3, 0.4) is 0 Å². The first-order chi connectivity index (χ1) is 14.3. The molecule has 2 aromatic carbocycles. The van der Waals surface area contributed by atoms with Crippen molar-refractivity contribution in [2.24, 2.45) is 10.9 Å². The van der Waals surface area contributed by atoms with E-state index in [1.54, 1.807) is 6.33 Å². The molecule has 158 valence electrons. The normalized spacial score (nSPS) is 16.4. The van der Waals surface area contributed by atoms with Gasteiger partial charge in [0.1, 0.15) is 6.33 Å². The predicted octanol–water partition coefficient (Wildman–Crippen LogP) is 4.07. The van der Waals surface area contributed by atoms with E-state index in [0.29, 0.717) is 12.5 Å². The smallest absolute Gasteiger partial charge is 0.194 e. The zero-order valence-electron chi connectivity index (χ0n) is 17.0. The van der Waals surface area contributed by atoms with E-state index in [0.717, 1.165) is 36.3 Å². The second-order valence-corrected chi connectivity index (χ2v) is 8.17. The molecule has 0 radical (unpaired) electrons. The molecule has 1 fully saturated rings. The van der Waals surface area contributed by atoms with Gasteiger partial charge in [0.25, 0.3) is 0 Å². The molecule has 1 atom stereocenters. The van der Waals surface area contributed by atoms with Gasteiger partial charge in [-0.15, -0.1) is 45.9 Å². The van der Waals surface area contributed by atoms with Gasteiger partial charge in [-0.1, -0.05) is 36.4 Å². The van der Waals surface area contributed by atoms with E-state index in [1.165, 1.54) is 11.3 Å². The molecule has 6 nitrogen and oxygen atoms in total. The predicted molar refractivity (Wildman–Crippen MR) is 134 cm³/mol. The summed E-state index contributed by atoms with van der Waals surface area (Å²) < 4.78 is 2.00. The van der Waals surface area contributed by atoms with Crippen LogP contribution in [0.1, 0.15) is 12.2 Å². The number of likely N-dealkylation sites (tertiary alicyclic amines) is 1. The Morgan fingerprint density at radius 2 is 1.87 bits per heavy atom. The highest BCUT2D eigenvalue weighted by molar-refractivity contribution is 14.0. The minimum absolute atomic E-state index is 0. The third-order valence-electron chi connectivity index (χ3n) is 5.08. The molecule has 3 aromatic rings. The number of halogens is 1. The molecule has 1 aliphatic heterocycles. The fourth-order valence-electron chi connectivity index (χ4n) is 3.57. The summed E-state index contributed by atoms with van der Waals surface area (Å²) in [6.45, 7) is 2.65. The van der Waals surface area contributed by atoms with Crippen molar-refractivity contribution < 1.29 is 0 Å². The van der Waals surface area contributed by atoms with Gasteiger partial charge < -0.3 is 10.2 Å². The zero-order chi connectivity index (χ0) is 19.9. The first-order valence-corrected chi connectivity index (χ1v) is 10.9. The van der Waals surface area contributed by atoms with Crippen molar-refractivity contribution in [3.05, 3.63) is 72.8 Å². The Hall–Kier alpha value is -2.07. The van der Waals surface area contributed by atoms with Crippen molar-refractivity contribution >= 4 is 41.7 Å². The molecular formula is C22H27IN6S. The number of benzene rings is 2. The van der Waals surface area contributed by atoms with E-state index in [4.69, 9.17) is 0 Å². The lowest BCUT2D eigenvalue weighted by molar-refractivity contribution is 0.472. The summed E-state index contributed by atoms with van der Waals surface area (Å²) in [6.07, 6.45) is 2.95. The second kappa shape index (κ2) is 11.4. The summed E-state index contributed by atoms with van der Waals surface area (Å²) in [5, 5.41) is 11.8. The Labute approximate surface area is 199 Å². The number of aliphatic imine (C=N–C) groups is 1. The average Bonchev–Trinajstić information content (AvgIpc) is 3.44. The van der Waals surface area contributed by atoms with Crippen molar-refractivity contribution in [2.45, 2.75) is 17.9 Å². The summed E-state index contributed by atoms with van der Waals surface area (Å²) >= 11 is 1.94. The van der Waals surface area contributed by atoms with Gasteiger partial charge >= 0.3 is 0 Å². The number of guanidine groups is 1. The fraction of sp³-hybridized carbons (Fsp3) is 0.318. The largest absolute Gasteiger partial charge is 0.349 e. The van der Waals surface area contributed by atoms with Crippen molar-refractivity contribution in [3.8, 4) is 5.69 Å². The SMILES string of the molecule is CN=C(NCc1nncn1-c1ccccc1)N1CCC(CSc2ccccc2)C1.I. The maximum atomic E-state index is 4.49. The van der Waals surface area contributed by atoms with Crippen LogP contribution in [-0.4, -0.2) is 51.5 Å². The van der Waals surface area contributed by atoms with E-state index in [2.05, 4.69) is 67.9 Å². The molecule has 0 spiro atoms. The highest BCUT2D eigenvalue weighted by atomic mass is 127. The standard InChI is InChI=1S/C22H26N6S.HI/c1-23-22(24-14-21-26-25-17-28(21)19-8-4-2-5-9-19)27-13-12-18(15-27)16-29-20-10-6-3-7-11-20;/h2-11,17-18H,12-16H2,1H3,(H,23,24);1H. The van der Waals surface area contributed by atoms with E-state index in [9.17, 15) is 0 Å². The molecular weight excluding hydrogens is 507 g/mol. The van der Waals surface area contributed by atoms with Crippen molar-refractivity contribution in [2.75, 3.05) is 25.9 Å². The summed E-state index contributed by atoms with van der Waals surface area (Å²) in [5.74, 6) is 3.61. The van der Waals surface area contributed by atoms with Crippen LogP contribution in [0, 0.1) is 5.92 Å². The van der Waals surface area contributed by atoms with E-state index in [-0.39, 0.29) is 24.0 Å². The molecule has 8 heteroatoms. The number of para-hydroxylation sites is 1. The van der Waals surface area contributed by atoms with Gasteiger partial charge in [0.05, 0.1) is 6.54 Å². The van der Waals surface area contributed by atoms with Gasteiger partial charge in [-0.25, -0.2) is 0 Å². The van der Waals surface area contributed by atoms with Crippen molar-refractivity contribution in [1.82, 2.24) is 25.0 Å². The maximum absolute atomic E-state index is 4.49. The number of nitrogens with one attached hydrogen (secondary N) is 1. The minimum Gasteiger partial charge on any atom is -0.349 e. The number of rotatable bonds is 6. The highest BCUT2D eigenvalue weighted by Crippen LogP contribution is 2.25. The van der Waals surface area contributed by atoms with Crippen LogP contribution < -0.4 is 5.32 Å². The Bertz CT molecular complexity index is 931. The first kappa shape index (κ1) is 22.6. The molecule has 0 amide bonds. The van der Waals surface area contributed by atoms with Gasteiger partial charge in [-0.2, -0.15) is 0 Å². The van der Waals surface area contributed by atoms with Crippen LogP contribution in [0.2, 0.25) is 0 Å². The Morgan fingerprint density at radius 1 is 1.13 bits per heavy atom. The molecule has 0 saturated carbocycles. The van der Waals surface area contributed by atoms with Crippen LogP contribution in [0.5, 0.6) is 0 Å². The van der Waals surface area contributed by atoms with Gasteiger partial charge in [-0.3, -0.25) is 9.56 Å². The van der Waals surface area contributed by atoms with Gasteiger partial charge in [0.2, 0.25) is 0 Å². The second-order valence-electron chi connectivity index (χ2n) is 7.08. The summed E-state index contributed by atoms with van der Waals surface area (Å²) in [5.41, 5.74) is 1.06.